The number of ether oxygens (including phenoxy) is 2. The summed E-state index contributed by atoms with van der Waals surface area (Å²) >= 11 is 0. The molecule has 10 heteroatoms. The van der Waals surface area contributed by atoms with Gasteiger partial charge in [0.05, 0.1) is 17.6 Å². The molecular formula is C22H25N3O6S. The van der Waals surface area contributed by atoms with Crippen LogP contribution in [-0.4, -0.2) is 31.6 Å². The van der Waals surface area contributed by atoms with Crippen molar-refractivity contribution in [3.05, 3.63) is 65.3 Å². The summed E-state index contributed by atoms with van der Waals surface area (Å²) in [7, 11) is -2.41. The van der Waals surface area contributed by atoms with E-state index in [1.54, 1.807) is 44.2 Å². The van der Waals surface area contributed by atoms with E-state index in [0.717, 1.165) is 6.42 Å². The minimum absolute atomic E-state index is 0.0680. The zero-order valence-corrected chi connectivity index (χ0v) is 19.1. The van der Waals surface area contributed by atoms with Crippen LogP contribution in [0.2, 0.25) is 0 Å². The Hall–Kier alpha value is -3.40. The first kappa shape index (κ1) is 23.3. The average molecular weight is 460 g/mol. The van der Waals surface area contributed by atoms with E-state index in [-0.39, 0.29) is 16.3 Å². The summed E-state index contributed by atoms with van der Waals surface area (Å²) in [5, 5.41) is 3.85. The van der Waals surface area contributed by atoms with Crippen molar-refractivity contribution in [2.24, 2.45) is 0 Å². The predicted molar refractivity (Wildman–Crippen MR) is 117 cm³/mol. The van der Waals surface area contributed by atoms with Gasteiger partial charge in [-0.1, -0.05) is 18.1 Å². The lowest BCUT2D eigenvalue weighted by atomic mass is 10.1. The number of hydrogen-bond acceptors (Lipinski definition) is 8. The Morgan fingerprint density at radius 1 is 1.19 bits per heavy atom. The summed E-state index contributed by atoms with van der Waals surface area (Å²) in [4.78, 5) is 16.9. The molecule has 3 aromatic rings. The fourth-order valence-electron chi connectivity index (χ4n) is 2.89. The zero-order chi connectivity index (χ0) is 23.3. The summed E-state index contributed by atoms with van der Waals surface area (Å²) in [6.07, 6.45) is 0.736. The van der Waals surface area contributed by atoms with Crippen LogP contribution >= 0.6 is 0 Å². The fourth-order valence-corrected chi connectivity index (χ4v) is 3.98. The van der Waals surface area contributed by atoms with Gasteiger partial charge in [0.25, 0.3) is 15.9 Å². The van der Waals surface area contributed by atoms with Crippen LogP contribution in [0.3, 0.4) is 0 Å². The van der Waals surface area contributed by atoms with Gasteiger partial charge in [-0.3, -0.25) is 4.72 Å². The molecule has 0 saturated carbocycles. The molecule has 9 nitrogen and oxygen atoms in total. The summed E-state index contributed by atoms with van der Waals surface area (Å²) in [6.45, 7) is 5.30. The van der Waals surface area contributed by atoms with Gasteiger partial charge in [0.2, 0.25) is 0 Å². The molecule has 1 unspecified atom stereocenters. The zero-order valence-electron chi connectivity index (χ0n) is 18.3. The molecule has 0 radical (unpaired) electrons. The molecular weight excluding hydrogens is 434 g/mol. The number of benzene rings is 2. The monoisotopic (exact) mass is 459 g/mol. The first-order valence-corrected chi connectivity index (χ1v) is 11.5. The summed E-state index contributed by atoms with van der Waals surface area (Å²) in [5.41, 5.74) is 1.06. The maximum atomic E-state index is 12.8. The summed E-state index contributed by atoms with van der Waals surface area (Å²) in [5.74, 6) is 0.640. The third-order valence-corrected chi connectivity index (χ3v) is 6.05. The second kappa shape index (κ2) is 9.82. The molecule has 3 rings (SSSR count). The molecule has 1 N–H and O–H groups in total. The molecule has 0 aliphatic rings. The lowest BCUT2D eigenvalue weighted by Crippen LogP contribution is -2.15. The molecule has 0 aliphatic carbocycles. The molecule has 0 spiro atoms. The van der Waals surface area contributed by atoms with E-state index in [0.29, 0.717) is 29.2 Å². The quantitative estimate of drug-likeness (QED) is 0.476. The molecule has 170 valence electrons. The third kappa shape index (κ3) is 5.44. The van der Waals surface area contributed by atoms with Gasteiger partial charge in [0.1, 0.15) is 5.75 Å². The van der Waals surface area contributed by atoms with Gasteiger partial charge in [0.15, 0.2) is 11.9 Å². The maximum absolute atomic E-state index is 12.8. The first-order valence-electron chi connectivity index (χ1n) is 10.0. The van der Waals surface area contributed by atoms with Gasteiger partial charge in [-0.05, 0) is 62.2 Å². The van der Waals surface area contributed by atoms with Crippen molar-refractivity contribution in [1.82, 2.24) is 10.1 Å². The van der Waals surface area contributed by atoms with Crippen molar-refractivity contribution >= 4 is 21.7 Å². The van der Waals surface area contributed by atoms with E-state index < -0.39 is 22.1 Å². The van der Waals surface area contributed by atoms with E-state index in [9.17, 15) is 13.2 Å². The number of hydrogen-bond donors (Lipinski definition) is 1. The highest BCUT2D eigenvalue weighted by Crippen LogP contribution is 2.23. The molecule has 1 heterocycles. The molecule has 32 heavy (non-hydrogen) atoms. The number of rotatable bonds is 9. The second-order valence-corrected chi connectivity index (χ2v) is 8.84. The lowest BCUT2D eigenvalue weighted by molar-refractivity contribution is 0.0264. The van der Waals surface area contributed by atoms with Crippen LogP contribution < -0.4 is 9.46 Å². The Morgan fingerprint density at radius 3 is 2.56 bits per heavy atom. The number of aromatic nitrogens is 2. The third-order valence-electron chi connectivity index (χ3n) is 4.67. The summed E-state index contributed by atoms with van der Waals surface area (Å²) in [6, 6.07) is 10.7. The predicted octanol–water partition coefficient (Wildman–Crippen LogP) is 4.06. The van der Waals surface area contributed by atoms with Gasteiger partial charge >= 0.3 is 5.97 Å². The van der Waals surface area contributed by atoms with Crippen molar-refractivity contribution in [2.75, 3.05) is 11.8 Å². The molecule has 2 aromatic carbocycles. The van der Waals surface area contributed by atoms with E-state index in [4.69, 9.17) is 14.0 Å². The standard InChI is InChI=1S/C22H25N3O6S/c1-5-6-20-23-21(31-24-20)15(3)30-22(26)19-13-18(12-7-14(19)2)32(27,28)25-16-8-10-17(29-4)11-9-16/h7-13,15,25H,5-6H2,1-4H3. The molecule has 0 saturated heterocycles. The van der Waals surface area contributed by atoms with Crippen LogP contribution in [0, 0.1) is 6.92 Å². The first-order chi connectivity index (χ1) is 15.2. The molecule has 1 atom stereocenters. The number of esters is 1. The highest BCUT2D eigenvalue weighted by Gasteiger charge is 2.23. The number of carbonyl (C=O) groups excluding carboxylic acids is 1. The highest BCUT2D eigenvalue weighted by atomic mass is 32.2. The SMILES string of the molecule is CCCc1noc(C(C)OC(=O)c2cc(S(=O)(=O)Nc3ccc(OC)cc3)ccc2C)n1. The number of methoxy groups -OCH3 is 1. The van der Waals surface area contributed by atoms with Gasteiger partial charge in [-0.25, -0.2) is 13.2 Å². The molecule has 1 aromatic heterocycles. The fraction of sp³-hybridized carbons (Fsp3) is 0.318. The number of nitrogens with zero attached hydrogens (tertiary/aromatic N) is 2. The molecule has 0 bridgehead atoms. The van der Waals surface area contributed by atoms with Gasteiger partial charge in [-0.2, -0.15) is 4.98 Å². The van der Waals surface area contributed by atoms with Crippen LogP contribution in [0.1, 0.15) is 54.0 Å². The van der Waals surface area contributed by atoms with Crippen LogP contribution in [0.15, 0.2) is 51.9 Å². The number of nitrogens with one attached hydrogen (secondary N) is 1. The Morgan fingerprint density at radius 2 is 1.91 bits per heavy atom. The van der Waals surface area contributed by atoms with Gasteiger partial charge < -0.3 is 14.0 Å². The smallest absolute Gasteiger partial charge is 0.339 e. The Balaban J connectivity index is 1.78. The maximum Gasteiger partial charge on any atom is 0.339 e. The Bertz CT molecular complexity index is 1190. The number of sulfonamides is 1. The van der Waals surface area contributed by atoms with Crippen molar-refractivity contribution < 1.29 is 27.2 Å². The second-order valence-electron chi connectivity index (χ2n) is 7.16. The van der Waals surface area contributed by atoms with Crippen LogP contribution in [0.5, 0.6) is 5.75 Å². The van der Waals surface area contributed by atoms with Crippen molar-refractivity contribution in [2.45, 2.75) is 44.6 Å². The normalized spacial score (nSPS) is 12.2. The number of aryl methyl sites for hydroxylation is 2. The van der Waals surface area contributed by atoms with E-state index in [1.165, 1.54) is 19.2 Å². The average Bonchev–Trinajstić information content (AvgIpc) is 3.23. The van der Waals surface area contributed by atoms with Crippen molar-refractivity contribution in [3.63, 3.8) is 0 Å². The van der Waals surface area contributed by atoms with Crippen LogP contribution in [0.4, 0.5) is 5.69 Å². The van der Waals surface area contributed by atoms with E-state index >= 15 is 0 Å². The minimum atomic E-state index is -3.93. The van der Waals surface area contributed by atoms with E-state index in [1.807, 2.05) is 6.92 Å². The minimum Gasteiger partial charge on any atom is -0.497 e. The largest absolute Gasteiger partial charge is 0.497 e. The number of carbonyl (C=O) groups is 1. The van der Waals surface area contributed by atoms with Crippen LogP contribution in [-0.2, 0) is 21.2 Å². The van der Waals surface area contributed by atoms with Crippen molar-refractivity contribution in [1.29, 1.82) is 0 Å². The van der Waals surface area contributed by atoms with Crippen LogP contribution in [0.25, 0.3) is 0 Å². The Labute approximate surface area is 186 Å². The molecule has 0 aliphatic heterocycles. The van der Waals surface area contributed by atoms with Gasteiger partial charge in [-0.15, -0.1) is 0 Å². The summed E-state index contributed by atoms with van der Waals surface area (Å²) < 4.78 is 43.8. The molecule has 0 amide bonds. The lowest BCUT2D eigenvalue weighted by Gasteiger charge is -2.13. The van der Waals surface area contributed by atoms with Gasteiger partial charge in [0, 0.05) is 12.1 Å². The number of anilines is 1. The molecule has 0 fully saturated rings. The van der Waals surface area contributed by atoms with Crippen molar-refractivity contribution in [3.8, 4) is 5.75 Å². The van der Waals surface area contributed by atoms with E-state index in [2.05, 4.69) is 14.9 Å². The highest BCUT2D eigenvalue weighted by molar-refractivity contribution is 7.92. The topological polar surface area (TPSA) is 121 Å². The Kier molecular flexibility index (Phi) is 7.14.